The molecule has 0 fully saturated rings. The van der Waals surface area contributed by atoms with E-state index in [0.717, 1.165) is 38.3 Å². The largest absolute Gasteiger partial charge is 0.497 e. The lowest BCUT2D eigenvalue weighted by molar-refractivity contribution is 0.0760. The Labute approximate surface area is 110 Å². The number of methoxy groups -OCH3 is 1. The van der Waals surface area contributed by atoms with Gasteiger partial charge >= 0.3 is 0 Å². The second-order valence-corrected chi connectivity index (χ2v) is 4.65. The van der Waals surface area contributed by atoms with Gasteiger partial charge in [-0.3, -0.25) is 0 Å². The van der Waals surface area contributed by atoms with Gasteiger partial charge in [-0.05, 0) is 50.9 Å². The maximum Gasteiger partial charge on any atom is 0.118 e. The van der Waals surface area contributed by atoms with E-state index in [-0.39, 0.29) is 0 Å². The number of ether oxygens (including phenoxy) is 2. The number of nitrogens with one attached hydrogen (secondary N) is 1. The third-order valence-electron chi connectivity index (χ3n) is 2.69. The lowest BCUT2D eigenvalue weighted by Crippen LogP contribution is -2.15. The molecule has 0 bridgehead atoms. The Bertz CT molecular complexity index is 309. The van der Waals surface area contributed by atoms with Gasteiger partial charge in [0.25, 0.3) is 0 Å². The van der Waals surface area contributed by atoms with Crippen LogP contribution in [0.1, 0.15) is 32.3 Å². The topological polar surface area (TPSA) is 30.5 Å². The maximum absolute atomic E-state index is 5.49. The molecular weight excluding hydrogens is 226 g/mol. The second-order valence-electron chi connectivity index (χ2n) is 4.65. The molecule has 0 spiro atoms. The molecule has 0 aliphatic rings. The van der Waals surface area contributed by atoms with E-state index in [9.17, 15) is 0 Å². The molecule has 0 heterocycles. The van der Waals surface area contributed by atoms with Gasteiger partial charge in [0.2, 0.25) is 0 Å². The molecule has 0 aliphatic carbocycles. The summed E-state index contributed by atoms with van der Waals surface area (Å²) in [5.74, 6) is 0.907. The summed E-state index contributed by atoms with van der Waals surface area (Å²) >= 11 is 0. The summed E-state index contributed by atoms with van der Waals surface area (Å²) < 4.78 is 10.6. The van der Waals surface area contributed by atoms with Gasteiger partial charge in [-0.1, -0.05) is 12.1 Å². The first-order valence-electron chi connectivity index (χ1n) is 6.67. The summed E-state index contributed by atoms with van der Waals surface area (Å²) in [4.78, 5) is 0. The Kier molecular flexibility index (Phi) is 7.46. The number of rotatable bonds is 9. The summed E-state index contributed by atoms with van der Waals surface area (Å²) in [6.07, 6.45) is 2.62. The van der Waals surface area contributed by atoms with Gasteiger partial charge in [-0.25, -0.2) is 0 Å². The highest BCUT2D eigenvalue weighted by atomic mass is 16.5. The van der Waals surface area contributed by atoms with Crippen LogP contribution in [0.15, 0.2) is 24.3 Å². The van der Waals surface area contributed by atoms with Crippen molar-refractivity contribution < 1.29 is 9.47 Å². The van der Waals surface area contributed by atoms with Crippen molar-refractivity contribution in [3.8, 4) is 5.75 Å². The van der Waals surface area contributed by atoms with Gasteiger partial charge in [0.15, 0.2) is 0 Å². The SMILES string of the molecule is COc1ccc(CNCCCCOC(C)C)cc1. The third kappa shape index (κ3) is 6.62. The number of hydrogen-bond donors (Lipinski definition) is 1. The Morgan fingerprint density at radius 3 is 2.44 bits per heavy atom. The lowest BCUT2D eigenvalue weighted by atomic mass is 10.2. The molecule has 0 amide bonds. The highest BCUT2D eigenvalue weighted by Crippen LogP contribution is 2.10. The summed E-state index contributed by atoms with van der Waals surface area (Å²) in [5, 5.41) is 3.43. The minimum Gasteiger partial charge on any atom is -0.497 e. The highest BCUT2D eigenvalue weighted by molar-refractivity contribution is 5.26. The molecule has 3 heteroatoms. The number of hydrogen-bond acceptors (Lipinski definition) is 3. The van der Waals surface area contributed by atoms with Crippen molar-refractivity contribution in [2.75, 3.05) is 20.3 Å². The van der Waals surface area contributed by atoms with Gasteiger partial charge in [-0.2, -0.15) is 0 Å². The van der Waals surface area contributed by atoms with Crippen molar-refractivity contribution in [2.45, 2.75) is 39.3 Å². The van der Waals surface area contributed by atoms with Gasteiger partial charge < -0.3 is 14.8 Å². The third-order valence-corrected chi connectivity index (χ3v) is 2.69. The molecular formula is C15H25NO2. The van der Waals surface area contributed by atoms with Gasteiger partial charge in [0.05, 0.1) is 13.2 Å². The number of benzene rings is 1. The predicted octanol–water partition coefficient (Wildman–Crippen LogP) is 2.99. The molecule has 0 aliphatic heterocycles. The van der Waals surface area contributed by atoms with E-state index in [1.54, 1.807) is 7.11 Å². The number of unbranched alkanes of at least 4 members (excludes halogenated alkanes) is 1. The first-order valence-corrected chi connectivity index (χ1v) is 6.67. The molecule has 0 aromatic heterocycles. The summed E-state index contributed by atoms with van der Waals surface area (Å²) in [5.41, 5.74) is 1.29. The monoisotopic (exact) mass is 251 g/mol. The highest BCUT2D eigenvalue weighted by Gasteiger charge is 1.95. The predicted molar refractivity (Wildman–Crippen MR) is 75.0 cm³/mol. The molecule has 0 unspecified atom stereocenters. The average Bonchev–Trinajstić information content (AvgIpc) is 2.38. The Morgan fingerprint density at radius 1 is 1.11 bits per heavy atom. The van der Waals surface area contributed by atoms with Crippen LogP contribution >= 0.6 is 0 Å². The summed E-state index contributed by atoms with van der Waals surface area (Å²) in [6, 6.07) is 8.17. The van der Waals surface area contributed by atoms with E-state index in [0.29, 0.717) is 6.10 Å². The fourth-order valence-corrected chi connectivity index (χ4v) is 1.65. The normalized spacial score (nSPS) is 10.9. The molecule has 0 saturated carbocycles. The minimum atomic E-state index is 0.345. The van der Waals surface area contributed by atoms with Crippen LogP contribution in [-0.4, -0.2) is 26.4 Å². The van der Waals surface area contributed by atoms with Crippen LogP contribution in [0.2, 0.25) is 0 Å². The lowest BCUT2D eigenvalue weighted by Gasteiger charge is -2.08. The van der Waals surface area contributed by atoms with Crippen LogP contribution < -0.4 is 10.1 Å². The zero-order valence-corrected chi connectivity index (χ0v) is 11.7. The van der Waals surface area contributed by atoms with Crippen molar-refractivity contribution in [2.24, 2.45) is 0 Å². The minimum absolute atomic E-state index is 0.345. The Balaban J connectivity index is 2.03. The molecule has 1 aromatic rings. The first kappa shape index (κ1) is 15.0. The van der Waals surface area contributed by atoms with Crippen LogP contribution in [0.5, 0.6) is 5.75 Å². The van der Waals surface area contributed by atoms with E-state index < -0.39 is 0 Å². The average molecular weight is 251 g/mol. The zero-order valence-electron chi connectivity index (χ0n) is 11.7. The molecule has 1 rings (SSSR count). The smallest absolute Gasteiger partial charge is 0.118 e. The zero-order chi connectivity index (χ0) is 13.2. The van der Waals surface area contributed by atoms with Crippen molar-refractivity contribution >= 4 is 0 Å². The maximum atomic E-state index is 5.49. The second kappa shape index (κ2) is 8.95. The van der Waals surface area contributed by atoms with E-state index in [4.69, 9.17) is 9.47 Å². The van der Waals surface area contributed by atoms with Gasteiger partial charge in [-0.15, -0.1) is 0 Å². The Morgan fingerprint density at radius 2 is 1.83 bits per heavy atom. The molecule has 3 nitrogen and oxygen atoms in total. The van der Waals surface area contributed by atoms with Crippen molar-refractivity contribution in [3.63, 3.8) is 0 Å². The van der Waals surface area contributed by atoms with Gasteiger partial charge in [0.1, 0.15) is 5.75 Å². The summed E-state index contributed by atoms with van der Waals surface area (Å²) in [6.45, 7) is 6.95. The fraction of sp³-hybridized carbons (Fsp3) is 0.600. The van der Waals surface area contributed by atoms with Gasteiger partial charge in [0, 0.05) is 13.2 Å². The van der Waals surface area contributed by atoms with E-state index in [1.165, 1.54) is 5.56 Å². The van der Waals surface area contributed by atoms with Crippen molar-refractivity contribution in [3.05, 3.63) is 29.8 Å². The fourth-order valence-electron chi connectivity index (χ4n) is 1.65. The Hall–Kier alpha value is -1.06. The molecule has 0 radical (unpaired) electrons. The van der Waals surface area contributed by atoms with E-state index in [1.807, 2.05) is 12.1 Å². The summed E-state index contributed by atoms with van der Waals surface area (Å²) in [7, 11) is 1.69. The standard InChI is InChI=1S/C15H25NO2/c1-13(2)18-11-5-4-10-16-12-14-6-8-15(17-3)9-7-14/h6-9,13,16H,4-5,10-12H2,1-3H3. The molecule has 1 aromatic carbocycles. The van der Waals surface area contributed by atoms with Crippen molar-refractivity contribution in [1.82, 2.24) is 5.32 Å². The molecule has 1 N–H and O–H groups in total. The first-order chi connectivity index (χ1) is 8.72. The molecule has 0 saturated heterocycles. The van der Waals surface area contributed by atoms with Crippen LogP contribution in [-0.2, 0) is 11.3 Å². The molecule has 18 heavy (non-hydrogen) atoms. The quantitative estimate of drug-likeness (QED) is 0.684. The van der Waals surface area contributed by atoms with E-state index in [2.05, 4.69) is 31.3 Å². The van der Waals surface area contributed by atoms with Crippen LogP contribution in [0.4, 0.5) is 0 Å². The van der Waals surface area contributed by atoms with Crippen molar-refractivity contribution in [1.29, 1.82) is 0 Å². The van der Waals surface area contributed by atoms with Crippen LogP contribution in [0.3, 0.4) is 0 Å². The molecule has 102 valence electrons. The van der Waals surface area contributed by atoms with E-state index >= 15 is 0 Å². The van der Waals surface area contributed by atoms with Crippen LogP contribution in [0, 0.1) is 0 Å². The van der Waals surface area contributed by atoms with Crippen LogP contribution in [0.25, 0.3) is 0 Å². The molecule has 0 atom stereocenters.